The van der Waals surface area contributed by atoms with Gasteiger partial charge in [0.05, 0.1) is 12.5 Å². The fourth-order valence-electron chi connectivity index (χ4n) is 1.31. The Bertz CT molecular complexity index is 447. The molecule has 0 radical (unpaired) electrons. The zero-order valence-electron chi connectivity index (χ0n) is 7.40. The number of para-hydroxylation sites is 1. The summed E-state index contributed by atoms with van der Waals surface area (Å²) < 4.78 is 10.0. The van der Waals surface area contributed by atoms with E-state index in [4.69, 9.17) is 9.26 Å². The molecule has 4 nitrogen and oxygen atoms in total. The highest BCUT2D eigenvalue weighted by Gasteiger charge is 2.13. The van der Waals surface area contributed by atoms with E-state index in [-0.39, 0.29) is 0 Å². The summed E-state index contributed by atoms with van der Waals surface area (Å²) in [5, 5.41) is 11.9. The Balaban J connectivity index is 2.84. The van der Waals surface area contributed by atoms with Gasteiger partial charge in [0, 0.05) is 11.8 Å². The van der Waals surface area contributed by atoms with Crippen LogP contribution in [0.4, 0.5) is 0 Å². The predicted octanol–water partition coefficient (Wildman–Crippen LogP) is 1.38. The summed E-state index contributed by atoms with van der Waals surface area (Å²) in [5.41, 5.74) is 1.05. The number of benzene rings is 1. The minimum absolute atomic E-state index is 0.493. The average molecular weight is 179 g/mol. The fraction of sp³-hybridized carbons (Fsp3) is 0.222. The number of aryl methyl sites for hydroxylation is 1. The second kappa shape index (κ2) is 2.65. The molecular formula is C9H9NO3. The molecule has 1 aromatic heterocycles. The van der Waals surface area contributed by atoms with E-state index in [9.17, 15) is 5.21 Å². The summed E-state index contributed by atoms with van der Waals surface area (Å²) in [6, 6.07) is 5.40. The number of fused-ring (bicyclic) bond motifs is 1. The van der Waals surface area contributed by atoms with Crippen LogP contribution < -0.4 is 9.64 Å². The van der Waals surface area contributed by atoms with Crippen LogP contribution in [-0.4, -0.2) is 7.11 Å². The molecule has 0 atom stereocenters. The van der Waals surface area contributed by atoms with Gasteiger partial charge in [-0.25, -0.2) is 0 Å². The van der Waals surface area contributed by atoms with E-state index >= 15 is 0 Å². The zero-order valence-corrected chi connectivity index (χ0v) is 7.40. The third kappa shape index (κ3) is 1.02. The minimum Gasteiger partial charge on any atom is -0.495 e. The van der Waals surface area contributed by atoms with Crippen LogP contribution in [0.15, 0.2) is 22.7 Å². The van der Waals surface area contributed by atoms with Crippen molar-refractivity contribution in [1.29, 1.82) is 0 Å². The highest BCUT2D eigenvalue weighted by atomic mass is 16.7. The Kier molecular flexibility index (Phi) is 1.62. The highest BCUT2D eigenvalue weighted by Crippen LogP contribution is 2.25. The van der Waals surface area contributed by atoms with Crippen LogP contribution in [-0.2, 0) is 0 Å². The molecule has 0 bridgehead atoms. The van der Waals surface area contributed by atoms with Gasteiger partial charge in [-0.05, 0) is 12.1 Å². The molecule has 0 spiro atoms. The fourth-order valence-corrected chi connectivity index (χ4v) is 1.31. The highest BCUT2D eigenvalue weighted by molar-refractivity contribution is 5.83. The maximum Gasteiger partial charge on any atom is 0.251 e. The van der Waals surface area contributed by atoms with Gasteiger partial charge in [-0.1, -0.05) is 6.07 Å². The number of aromatic nitrogens is 1. The van der Waals surface area contributed by atoms with Crippen LogP contribution in [0.3, 0.4) is 0 Å². The normalized spacial score (nSPS) is 10.6. The van der Waals surface area contributed by atoms with E-state index in [0.717, 1.165) is 5.39 Å². The van der Waals surface area contributed by atoms with Crippen molar-refractivity contribution < 1.29 is 14.2 Å². The molecule has 0 aliphatic rings. The zero-order chi connectivity index (χ0) is 9.42. The van der Waals surface area contributed by atoms with Gasteiger partial charge in [0.25, 0.3) is 5.69 Å². The minimum atomic E-state index is 0.493. The van der Waals surface area contributed by atoms with Crippen molar-refractivity contribution >= 4 is 11.0 Å². The number of methoxy groups -OCH3 is 1. The summed E-state index contributed by atoms with van der Waals surface area (Å²) in [7, 11) is 1.54. The maximum atomic E-state index is 11.1. The van der Waals surface area contributed by atoms with Crippen LogP contribution >= 0.6 is 0 Å². The van der Waals surface area contributed by atoms with Gasteiger partial charge < -0.3 is 9.26 Å². The van der Waals surface area contributed by atoms with Gasteiger partial charge >= 0.3 is 0 Å². The van der Waals surface area contributed by atoms with Crippen molar-refractivity contribution in [2.75, 3.05) is 7.11 Å². The smallest absolute Gasteiger partial charge is 0.251 e. The molecule has 2 aromatic rings. The lowest BCUT2D eigenvalue weighted by Gasteiger charge is -1.98. The first-order valence-corrected chi connectivity index (χ1v) is 3.90. The van der Waals surface area contributed by atoms with Crippen LogP contribution in [0.1, 0.15) is 5.69 Å². The Labute approximate surface area is 74.9 Å². The Morgan fingerprint density at radius 3 is 2.92 bits per heavy atom. The van der Waals surface area contributed by atoms with Crippen molar-refractivity contribution in [3.63, 3.8) is 0 Å². The van der Waals surface area contributed by atoms with Gasteiger partial charge in [0.15, 0.2) is 0 Å². The monoisotopic (exact) mass is 179 g/mol. The molecule has 0 amide bonds. The maximum absolute atomic E-state index is 11.1. The van der Waals surface area contributed by atoms with Crippen LogP contribution in [0.2, 0.25) is 0 Å². The van der Waals surface area contributed by atoms with Crippen LogP contribution in [0.5, 0.6) is 5.75 Å². The van der Waals surface area contributed by atoms with E-state index in [1.54, 1.807) is 20.1 Å². The van der Waals surface area contributed by atoms with Crippen molar-refractivity contribution in [3.8, 4) is 5.75 Å². The van der Waals surface area contributed by atoms with Crippen molar-refractivity contribution in [2.24, 2.45) is 0 Å². The lowest BCUT2D eigenvalue weighted by Crippen LogP contribution is -2.25. The van der Waals surface area contributed by atoms with E-state index in [1.165, 1.54) is 0 Å². The number of nitrogens with zero attached hydrogens (tertiary/aromatic N) is 1. The van der Waals surface area contributed by atoms with Crippen molar-refractivity contribution in [1.82, 2.24) is 0 Å². The molecule has 0 saturated heterocycles. The SMILES string of the molecule is COc1cccc2c(C)[n+]([O-])oc12. The van der Waals surface area contributed by atoms with Gasteiger partial charge in [0.2, 0.25) is 0 Å². The summed E-state index contributed by atoms with van der Waals surface area (Å²) in [4.78, 5) is 0.493. The topological polar surface area (TPSA) is 49.3 Å². The van der Waals surface area contributed by atoms with E-state index in [0.29, 0.717) is 21.9 Å². The number of hydrogen-bond acceptors (Lipinski definition) is 3. The van der Waals surface area contributed by atoms with E-state index < -0.39 is 0 Å². The Morgan fingerprint density at radius 1 is 1.46 bits per heavy atom. The molecule has 0 saturated carbocycles. The lowest BCUT2D eigenvalue weighted by molar-refractivity contribution is -0.792. The summed E-state index contributed by atoms with van der Waals surface area (Å²) >= 11 is 0. The molecule has 0 unspecified atom stereocenters. The second-order valence-corrected chi connectivity index (χ2v) is 2.77. The largest absolute Gasteiger partial charge is 0.495 e. The molecule has 68 valence electrons. The van der Waals surface area contributed by atoms with Crippen LogP contribution in [0.25, 0.3) is 11.0 Å². The molecule has 0 aliphatic heterocycles. The molecule has 1 heterocycles. The first-order chi connectivity index (χ1) is 6.24. The molecule has 4 heteroatoms. The van der Waals surface area contributed by atoms with Crippen molar-refractivity contribution in [2.45, 2.75) is 6.92 Å². The summed E-state index contributed by atoms with van der Waals surface area (Å²) in [6.45, 7) is 1.71. The van der Waals surface area contributed by atoms with Gasteiger partial charge in [-0.3, -0.25) is 5.21 Å². The molecule has 2 rings (SSSR count). The van der Waals surface area contributed by atoms with Crippen LogP contribution in [0, 0.1) is 12.1 Å². The van der Waals surface area contributed by atoms with Gasteiger partial charge in [-0.2, -0.15) is 0 Å². The average Bonchev–Trinajstić information content (AvgIpc) is 2.43. The Hall–Kier alpha value is -1.71. The van der Waals surface area contributed by atoms with Gasteiger partial charge in [-0.15, -0.1) is 0 Å². The quantitative estimate of drug-likeness (QED) is 0.621. The molecular weight excluding hydrogens is 170 g/mol. The van der Waals surface area contributed by atoms with E-state index in [1.807, 2.05) is 12.1 Å². The third-order valence-electron chi connectivity index (χ3n) is 2.04. The first-order valence-electron chi connectivity index (χ1n) is 3.90. The predicted molar refractivity (Wildman–Crippen MR) is 46.5 cm³/mol. The second-order valence-electron chi connectivity index (χ2n) is 2.77. The van der Waals surface area contributed by atoms with E-state index in [2.05, 4.69) is 0 Å². The summed E-state index contributed by atoms with van der Waals surface area (Å²) in [6.07, 6.45) is 0. The number of hydrogen-bond donors (Lipinski definition) is 0. The first kappa shape index (κ1) is 7.91. The third-order valence-corrected chi connectivity index (χ3v) is 2.04. The lowest BCUT2D eigenvalue weighted by atomic mass is 10.2. The molecule has 0 aliphatic carbocycles. The molecule has 0 N–H and O–H groups in total. The molecule has 0 fully saturated rings. The van der Waals surface area contributed by atoms with Gasteiger partial charge in [0.1, 0.15) is 11.3 Å². The number of rotatable bonds is 1. The molecule has 1 aromatic carbocycles. The standard InChI is InChI=1S/C9H9NO3/c1-6-7-4-3-5-8(12-2)9(7)13-10(6)11/h3-5H,1-2H3. The van der Waals surface area contributed by atoms with Crippen molar-refractivity contribution in [3.05, 3.63) is 29.1 Å². The summed E-state index contributed by atoms with van der Waals surface area (Å²) in [5.74, 6) is 0.579. The molecule has 13 heavy (non-hydrogen) atoms. The Morgan fingerprint density at radius 2 is 2.23 bits per heavy atom. The number of ether oxygens (including phenoxy) is 1.